The molecule has 1 heterocycles. The molecule has 0 aliphatic carbocycles. The largest absolute Gasteiger partial charge is 0.481 e. The van der Waals surface area contributed by atoms with E-state index in [0.717, 1.165) is 16.5 Å². The number of carbonyl (C=O) groups excluding carboxylic acids is 1. The number of aliphatic carboxylic acids is 1. The maximum absolute atomic E-state index is 11.9. The zero-order valence-electron chi connectivity index (χ0n) is 12.3. The smallest absolute Gasteiger partial charge is 0.309 e. The van der Waals surface area contributed by atoms with Gasteiger partial charge in [0.1, 0.15) is 0 Å². The number of fused-ring (bicyclic) bond motifs is 1. The Labute approximate surface area is 123 Å². The van der Waals surface area contributed by atoms with Crippen molar-refractivity contribution in [2.45, 2.75) is 26.7 Å². The molecule has 2 aromatic rings. The highest BCUT2D eigenvalue weighted by molar-refractivity contribution is 5.88. The fourth-order valence-electron chi connectivity index (χ4n) is 2.13. The van der Waals surface area contributed by atoms with E-state index in [4.69, 9.17) is 5.11 Å². The molecule has 0 atom stereocenters. The number of para-hydroxylation sites is 1. The fourth-order valence-corrected chi connectivity index (χ4v) is 2.13. The molecule has 0 bridgehead atoms. The summed E-state index contributed by atoms with van der Waals surface area (Å²) >= 11 is 0. The van der Waals surface area contributed by atoms with E-state index in [1.807, 2.05) is 30.5 Å². The normalized spacial score (nSPS) is 11.5. The van der Waals surface area contributed by atoms with E-state index in [-0.39, 0.29) is 12.3 Å². The number of carboxylic acid groups (broad SMARTS) is 1. The first kappa shape index (κ1) is 15.1. The molecule has 0 saturated heterocycles. The molecule has 5 nitrogen and oxygen atoms in total. The minimum atomic E-state index is -0.853. The Morgan fingerprint density at radius 2 is 2.00 bits per heavy atom. The lowest BCUT2D eigenvalue weighted by molar-refractivity contribution is -0.147. The summed E-state index contributed by atoms with van der Waals surface area (Å²) in [7, 11) is 0. The lowest BCUT2D eigenvalue weighted by atomic mass is 9.90. The summed E-state index contributed by atoms with van der Waals surface area (Å²) < 4.78 is 0. The minimum Gasteiger partial charge on any atom is -0.481 e. The van der Waals surface area contributed by atoms with Crippen LogP contribution in [0.1, 0.15) is 25.8 Å². The summed E-state index contributed by atoms with van der Waals surface area (Å²) in [5.41, 5.74) is 1.13. The Morgan fingerprint density at radius 1 is 1.29 bits per heavy atom. The van der Waals surface area contributed by atoms with Crippen LogP contribution in [-0.2, 0) is 16.0 Å². The molecule has 1 aromatic heterocycles. The first-order valence-corrected chi connectivity index (χ1v) is 6.95. The Morgan fingerprint density at radius 3 is 2.71 bits per heavy atom. The molecule has 112 valence electrons. The van der Waals surface area contributed by atoms with Crippen molar-refractivity contribution < 1.29 is 14.7 Å². The van der Waals surface area contributed by atoms with Gasteiger partial charge in [0.05, 0.1) is 11.8 Å². The number of aromatic nitrogens is 1. The minimum absolute atomic E-state index is 0.0964. The summed E-state index contributed by atoms with van der Waals surface area (Å²) in [6.07, 6.45) is 2.53. The molecule has 0 aliphatic heterocycles. The molecular weight excluding hydrogens is 268 g/mol. The summed E-state index contributed by atoms with van der Waals surface area (Å²) in [5.74, 6) is -0.950. The van der Waals surface area contributed by atoms with Gasteiger partial charge in [-0.3, -0.25) is 9.59 Å². The summed E-state index contributed by atoms with van der Waals surface area (Å²) in [6, 6.07) is 7.82. The molecule has 5 heteroatoms. The molecule has 0 radical (unpaired) electrons. The third kappa shape index (κ3) is 3.62. The number of carboxylic acids is 1. The van der Waals surface area contributed by atoms with E-state index in [0.29, 0.717) is 13.0 Å². The van der Waals surface area contributed by atoms with Crippen molar-refractivity contribution in [2.24, 2.45) is 5.41 Å². The van der Waals surface area contributed by atoms with Crippen molar-refractivity contribution in [1.82, 2.24) is 10.3 Å². The van der Waals surface area contributed by atoms with Crippen LogP contribution in [0.25, 0.3) is 10.9 Å². The number of benzene rings is 1. The van der Waals surface area contributed by atoms with Gasteiger partial charge < -0.3 is 15.4 Å². The Balaban J connectivity index is 1.89. The van der Waals surface area contributed by atoms with Crippen LogP contribution in [0.2, 0.25) is 0 Å². The number of rotatable bonds is 6. The predicted octanol–water partition coefficient (Wildman–Crippen LogP) is 2.33. The van der Waals surface area contributed by atoms with Crippen molar-refractivity contribution in [3.05, 3.63) is 36.0 Å². The SMILES string of the molecule is CC(C)(CCNC(=O)Cc1c[nH]c2ccccc12)C(=O)O. The van der Waals surface area contributed by atoms with Gasteiger partial charge in [-0.2, -0.15) is 0 Å². The zero-order chi connectivity index (χ0) is 15.5. The molecule has 2 rings (SSSR count). The van der Waals surface area contributed by atoms with Crippen LogP contribution in [0.3, 0.4) is 0 Å². The van der Waals surface area contributed by atoms with Crippen molar-refractivity contribution in [1.29, 1.82) is 0 Å². The molecule has 0 spiro atoms. The number of H-pyrrole nitrogens is 1. The zero-order valence-corrected chi connectivity index (χ0v) is 12.3. The Hall–Kier alpha value is -2.30. The molecule has 1 amide bonds. The Bertz CT molecular complexity index is 658. The summed E-state index contributed by atoms with van der Waals surface area (Å²) in [6.45, 7) is 3.67. The number of aromatic amines is 1. The van der Waals surface area contributed by atoms with Crippen molar-refractivity contribution in [3.8, 4) is 0 Å². The standard InChI is InChI=1S/C16H20N2O3/c1-16(2,15(20)21)7-8-17-14(19)9-11-10-18-13-6-4-3-5-12(11)13/h3-6,10,18H,7-9H2,1-2H3,(H,17,19)(H,20,21). The second kappa shape index (κ2) is 5.99. The molecule has 0 saturated carbocycles. The molecule has 0 unspecified atom stereocenters. The first-order chi connectivity index (χ1) is 9.90. The van der Waals surface area contributed by atoms with Crippen LogP contribution in [0, 0.1) is 5.41 Å². The number of carbonyl (C=O) groups is 2. The maximum Gasteiger partial charge on any atom is 0.309 e. The molecule has 0 fully saturated rings. The van der Waals surface area contributed by atoms with Crippen LogP contribution >= 0.6 is 0 Å². The Kier molecular flexibility index (Phi) is 4.31. The lowest BCUT2D eigenvalue weighted by Crippen LogP contribution is -2.32. The van der Waals surface area contributed by atoms with E-state index in [1.165, 1.54) is 0 Å². The first-order valence-electron chi connectivity index (χ1n) is 6.95. The maximum atomic E-state index is 11.9. The van der Waals surface area contributed by atoms with Gasteiger partial charge in [0, 0.05) is 23.6 Å². The molecule has 3 N–H and O–H groups in total. The van der Waals surface area contributed by atoms with Gasteiger partial charge in [-0.05, 0) is 31.9 Å². The van der Waals surface area contributed by atoms with Crippen molar-refractivity contribution in [2.75, 3.05) is 6.54 Å². The highest BCUT2D eigenvalue weighted by Crippen LogP contribution is 2.20. The van der Waals surface area contributed by atoms with Crippen LogP contribution in [0.15, 0.2) is 30.5 Å². The number of hydrogen-bond donors (Lipinski definition) is 3. The second-order valence-electron chi connectivity index (χ2n) is 5.83. The van der Waals surface area contributed by atoms with Gasteiger partial charge in [0.25, 0.3) is 0 Å². The number of amides is 1. The highest BCUT2D eigenvalue weighted by atomic mass is 16.4. The van der Waals surface area contributed by atoms with E-state index in [2.05, 4.69) is 10.3 Å². The highest BCUT2D eigenvalue weighted by Gasteiger charge is 2.26. The molecule has 21 heavy (non-hydrogen) atoms. The van der Waals surface area contributed by atoms with E-state index < -0.39 is 11.4 Å². The van der Waals surface area contributed by atoms with Gasteiger partial charge in [0.15, 0.2) is 0 Å². The predicted molar refractivity (Wildman–Crippen MR) is 81.0 cm³/mol. The van der Waals surface area contributed by atoms with Gasteiger partial charge >= 0.3 is 5.97 Å². The monoisotopic (exact) mass is 288 g/mol. The second-order valence-corrected chi connectivity index (χ2v) is 5.83. The van der Waals surface area contributed by atoms with Crippen LogP contribution in [-0.4, -0.2) is 28.5 Å². The number of nitrogens with one attached hydrogen (secondary N) is 2. The lowest BCUT2D eigenvalue weighted by Gasteiger charge is -2.18. The molecule has 1 aromatic carbocycles. The van der Waals surface area contributed by atoms with Gasteiger partial charge in [-0.25, -0.2) is 0 Å². The van der Waals surface area contributed by atoms with E-state index in [1.54, 1.807) is 13.8 Å². The molecular formula is C16H20N2O3. The van der Waals surface area contributed by atoms with E-state index >= 15 is 0 Å². The topological polar surface area (TPSA) is 82.2 Å². The van der Waals surface area contributed by atoms with Gasteiger partial charge in [-0.1, -0.05) is 18.2 Å². The van der Waals surface area contributed by atoms with Crippen LogP contribution in [0.4, 0.5) is 0 Å². The van der Waals surface area contributed by atoms with Gasteiger partial charge in [0.2, 0.25) is 5.91 Å². The van der Waals surface area contributed by atoms with Crippen molar-refractivity contribution in [3.63, 3.8) is 0 Å². The average Bonchev–Trinajstić information content (AvgIpc) is 2.82. The summed E-state index contributed by atoms with van der Waals surface area (Å²) in [5, 5.41) is 12.8. The third-order valence-corrected chi connectivity index (χ3v) is 3.68. The molecule has 0 aliphatic rings. The van der Waals surface area contributed by atoms with Crippen LogP contribution in [0.5, 0.6) is 0 Å². The average molecular weight is 288 g/mol. The van der Waals surface area contributed by atoms with Crippen LogP contribution < -0.4 is 5.32 Å². The fraction of sp³-hybridized carbons (Fsp3) is 0.375. The van der Waals surface area contributed by atoms with Gasteiger partial charge in [-0.15, -0.1) is 0 Å². The number of hydrogen-bond acceptors (Lipinski definition) is 2. The third-order valence-electron chi connectivity index (χ3n) is 3.68. The quantitative estimate of drug-likeness (QED) is 0.763. The summed E-state index contributed by atoms with van der Waals surface area (Å²) in [4.78, 5) is 26.1. The van der Waals surface area contributed by atoms with Crippen molar-refractivity contribution >= 4 is 22.8 Å². The van der Waals surface area contributed by atoms with E-state index in [9.17, 15) is 9.59 Å².